The van der Waals surface area contributed by atoms with E-state index in [1.165, 1.54) is 52.1 Å². The normalized spacial score (nSPS) is 12.8. The summed E-state index contributed by atoms with van der Waals surface area (Å²) in [5, 5.41) is 13.8. The molecule has 0 fully saturated rings. The maximum atomic E-state index is 14.1. The molecule has 3 amide bonds. The average Bonchev–Trinajstić information content (AvgIpc) is 3.06. The van der Waals surface area contributed by atoms with Crippen molar-refractivity contribution >= 4 is 35.2 Å². The smallest absolute Gasteiger partial charge is 0.414 e. The third kappa shape index (κ3) is 8.89. The zero-order chi connectivity index (χ0) is 32.6. The second-order valence-corrected chi connectivity index (χ2v) is 11.5. The van der Waals surface area contributed by atoms with Gasteiger partial charge >= 0.3 is 12.2 Å². The van der Waals surface area contributed by atoms with Gasteiger partial charge in [-0.05, 0) is 65.5 Å². The maximum Gasteiger partial charge on any atom is 0.414 e. The summed E-state index contributed by atoms with van der Waals surface area (Å²) in [6, 6.07) is 7.56. The molecule has 1 heterocycles. The Labute approximate surface area is 260 Å². The molecule has 2 aromatic rings. The molecule has 0 aromatic heterocycles. The fraction of sp³-hybridized carbons (Fsp3) is 0.382. The molecule has 0 spiro atoms. The Morgan fingerprint density at radius 3 is 2.05 bits per heavy atom. The Bertz CT molecular complexity index is 1480. The molecular formula is C34H44N4O6. The van der Waals surface area contributed by atoms with Crippen molar-refractivity contribution in [3.63, 3.8) is 0 Å². The molecule has 0 saturated heterocycles. The van der Waals surface area contributed by atoms with Crippen molar-refractivity contribution < 1.29 is 29.0 Å². The predicted octanol–water partition coefficient (Wildman–Crippen LogP) is 7.64. The topological polar surface area (TPSA) is 112 Å². The van der Waals surface area contributed by atoms with Gasteiger partial charge in [-0.25, -0.2) is 9.59 Å². The minimum atomic E-state index is -0.672. The van der Waals surface area contributed by atoms with Crippen LogP contribution in [0, 0.1) is 0 Å². The summed E-state index contributed by atoms with van der Waals surface area (Å²) in [6.45, 7) is 8.56. The fourth-order valence-corrected chi connectivity index (χ4v) is 4.45. The summed E-state index contributed by atoms with van der Waals surface area (Å²) in [7, 11) is 6.18. The van der Waals surface area contributed by atoms with Gasteiger partial charge in [-0.15, -0.1) is 0 Å². The number of hydrogen-bond acceptors (Lipinski definition) is 7. The molecule has 1 aliphatic heterocycles. The van der Waals surface area contributed by atoms with E-state index in [2.05, 4.69) is 38.2 Å². The van der Waals surface area contributed by atoms with Gasteiger partial charge in [-0.2, -0.15) is 0 Å². The Morgan fingerprint density at radius 2 is 1.43 bits per heavy atom. The second kappa shape index (κ2) is 15.1. The first-order chi connectivity index (χ1) is 20.8. The summed E-state index contributed by atoms with van der Waals surface area (Å²) < 4.78 is 11.2. The first kappa shape index (κ1) is 33.8. The van der Waals surface area contributed by atoms with Crippen LogP contribution in [0.5, 0.6) is 17.2 Å². The summed E-state index contributed by atoms with van der Waals surface area (Å²) in [5.74, 6) is -0.445. The lowest BCUT2D eigenvalue weighted by Crippen LogP contribution is -2.31. The maximum absolute atomic E-state index is 14.1. The van der Waals surface area contributed by atoms with Crippen molar-refractivity contribution in [2.75, 3.05) is 45.0 Å². The molecule has 2 aromatic carbocycles. The molecule has 0 bridgehead atoms. The molecule has 1 aliphatic rings. The van der Waals surface area contributed by atoms with Gasteiger partial charge in [-0.3, -0.25) is 4.79 Å². The molecule has 10 nitrogen and oxygen atoms in total. The largest absolute Gasteiger partial charge is 0.508 e. The van der Waals surface area contributed by atoms with E-state index in [4.69, 9.17) is 9.47 Å². The number of carbonyl (C=O) groups is 3. The third-order valence-corrected chi connectivity index (χ3v) is 6.98. The molecule has 0 atom stereocenters. The minimum absolute atomic E-state index is 0.00696. The van der Waals surface area contributed by atoms with Gasteiger partial charge in [0.25, 0.3) is 5.91 Å². The Hall–Kier alpha value is -4.73. The van der Waals surface area contributed by atoms with Crippen molar-refractivity contribution in [3.05, 3.63) is 70.8 Å². The summed E-state index contributed by atoms with van der Waals surface area (Å²) in [5.41, 5.74) is 4.81. The van der Waals surface area contributed by atoms with E-state index in [0.717, 1.165) is 31.3 Å². The van der Waals surface area contributed by atoms with Crippen LogP contribution in [0.3, 0.4) is 0 Å². The zero-order valence-corrected chi connectivity index (χ0v) is 27.0. The molecule has 0 saturated carbocycles. The lowest BCUT2D eigenvalue weighted by molar-refractivity contribution is 0.0990. The third-order valence-electron chi connectivity index (χ3n) is 6.98. The first-order valence-corrected chi connectivity index (χ1v) is 14.6. The zero-order valence-electron chi connectivity index (χ0n) is 27.0. The lowest BCUT2D eigenvalue weighted by atomic mass is 10.1. The summed E-state index contributed by atoms with van der Waals surface area (Å²) in [4.78, 5) is 43.1. The number of phenols is 1. The highest BCUT2D eigenvalue weighted by Crippen LogP contribution is 2.46. The number of amides is 3. The number of carbonyl (C=O) groups excluding carboxylic acids is 3. The average molecular weight is 605 g/mol. The number of benzene rings is 2. The Kier molecular flexibility index (Phi) is 11.6. The van der Waals surface area contributed by atoms with Gasteiger partial charge in [-0.1, -0.05) is 41.0 Å². The predicted molar refractivity (Wildman–Crippen MR) is 174 cm³/mol. The van der Waals surface area contributed by atoms with E-state index in [1.807, 2.05) is 13.0 Å². The van der Waals surface area contributed by atoms with Crippen LogP contribution in [-0.4, -0.2) is 67.7 Å². The van der Waals surface area contributed by atoms with Crippen LogP contribution in [0.1, 0.15) is 63.7 Å². The van der Waals surface area contributed by atoms with Crippen molar-refractivity contribution in [1.29, 1.82) is 0 Å². The Morgan fingerprint density at radius 1 is 0.841 bits per heavy atom. The van der Waals surface area contributed by atoms with E-state index in [0.29, 0.717) is 5.69 Å². The van der Waals surface area contributed by atoms with Crippen LogP contribution in [0.4, 0.5) is 26.7 Å². The number of para-hydroxylation sites is 1. The van der Waals surface area contributed by atoms with Crippen LogP contribution >= 0.6 is 0 Å². The van der Waals surface area contributed by atoms with E-state index >= 15 is 0 Å². The van der Waals surface area contributed by atoms with Crippen molar-refractivity contribution in [2.45, 2.75) is 53.4 Å². The number of allylic oxidation sites excluding steroid dienone is 5. The number of rotatable bonds is 10. The SMILES string of the molecule is CC(C)=CCCC(C)=CCCC(C)=CCN1C(=O)c2cccc(OC(=O)N(C)C)c2Nc2c(OC(=O)N(C)C)cc(O)cc21. The molecule has 0 aliphatic carbocycles. The number of anilines is 3. The van der Waals surface area contributed by atoms with Crippen LogP contribution in [-0.2, 0) is 0 Å². The first-order valence-electron chi connectivity index (χ1n) is 14.6. The minimum Gasteiger partial charge on any atom is -0.508 e. The van der Waals surface area contributed by atoms with Gasteiger partial charge in [0.2, 0.25) is 0 Å². The summed E-state index contributed by atoms with van der Waals surface area (Å²) in [6.07, 6.45) is 8.92. The van der Waals surface area contributed by atoms with Gasteiger partial charge < -0.3 is 34.6 Å². The monoisotopic (exact) mass is 604 g/mol. The highest BCUT2D eigenvalue weighted by molar-refractivity contribution is 6.15. The second-order valence-electron chi connectivity index (χ2n) is 11.5. The standard InChI is InChI=1S/C34H44N4O6/c1-22(2)12-9-13-23(3)14-10-15-24(4)18-19-38-27-20-25(39)21-29(44-34(42)37(7)8)31(27)35-30-26(32(38)40)16-11-17-28(30)43-33(41)36(5)6/h11-12,14,16-18,20-21,35,39H,9-10,13,15,19H2,1-8H3. The van der Waals surface area contributed by atoms with E-state index in [-0.39, 0.29) is 46.6 Å². The number of fused-ring (bicyclic) bond motifs is 2. The van der Waals surface area contributed by atoms with Crippen molar-refractivity contribution in [3.8, 4) is 17.2 Å². The number of hydrogen-bond donors (Lipinski definition) is 2. The molecule has 0 radical (unpaired) electrons. The highest BCUT2D eigenvalue weighted by atomic mass is 16.6. The number of phenolic OH excluding ortho intramolecular Hbond substituents is 1. The lowest BCUT2D eigenvalue weighted by Gasteiger charge is -2.23. The molecule has 44 heavy (non-hydrogen) atoms. The van der Waals surface area contributed by atoms with Crippen LogP contribution in [0.2, 0.25) is 0 Å². The Balaban J connectivity index is 2.00. The van der Waals surface area contributed by atoms with Gasteiger partial charge in [0.05, 0.1) is 16.9 Å². The fourth-order valence-electron chi connectivity index (χ4n) is 4.45. The van der Waals surface area contributed by atoms with Crippen LogP contribution in [0.25, 0.3) is 0 Å². The molecule has 0 unspecified atom stereocenters. The molecule has 10 heteroatoms. The highest BCUT2D eigenvalue weighted by Gasteiger charge is 2.32. The van der Waals surface area contributed by atoms with Gasteiger partial charge in [0.15, 0.2) is 11.5 Å². The molecular weight excluding hydrogens is 560 g/mol. The summed E-state index contributed by atoms with van der Waals surface area (Å²) >= 11 is 0. The number of nitrogens with zero attached hydrogens (tertiary/aromatic N) is 3. The van der Waals surface area contributed by atoms with Crippen LogP contribution in [0.15, 0.2) is 65.3 Å². The van der Waals surface area contributed by atoms with Crippen molar-refractivity contribution in [1.82, 2.24) is 9.80 Å². The van der Waals surface area contributed by atoms with E-state index < -0.39 is 12.2 Å². The number of ether oxygens (including phenoxy) is 2. The molecule has 2 N–H and O–H groups in total. The molecule has 236 valence electrons. The number of nitrogens with one attached hydrogen (secondary N) is 1. The van der Waals surface area contributed by atoms with Crippen LogP contribution < -0.4 is 19.7 Å². The quantitative estimate of drug-likeness (QED) is 0.212. The molecule has 3 rings (SSSR count). The van der Waals surface area contributed by atoms with E-state index in [1.54, 1.807) is 32.3 Å². The van der Waals surface area contributed by atoms with Crippen molar-refractivity contribution in [2.24, 2.45) is 0 Å². The number of aromatic hydroxyl groups is 1. The van der Waals surface area contributed by atoms with E-state index in [9.17, 15) is 19.5 Å². The van der Waals surface area contributed by atoms with Gasteiger partial charge in [0, 0.05) is 46.9 Å². The van der Waals surface area contributed by atoms with Gasteiger partial charge in [0.1, 0.15) is 11.4 Å².